The van der Waals surface area contributed by atoms with Crippen LogP contribution in [0.25, 0.3) is 10.8 Å². The number of carbonyl (C=O) groups excluding carboxylic acids is 2. The van der Waals surface area contributed by atoms with Crippen LogP contribution in [0.4, 0.5) is 0 Å². The minimum absolute atomic E-state index is 0.0675. The lowest BCUT2D eigenvalue weighted by Gasteiger charge is -2.23. The molecule has 0 aliphatic carbocycles. The van der Waals surface area contributed by atoms with Crippen molar-refractivity contribution >= 4 is 38.5 Å². The third kappa shape index (κ3) is 3.70. The van der Waals surface area contributed by atoms with Gasteiger partial charge in [-0.05, 0) is 35.9 Å². The molecule has 1 aromatic carbocycles. The van der Waals surface area contributed by atoms with Gasteiger partial charge in [-0.3, -0.25) is 14.6 Å². The Hall–Kier alpha value is -2.46. The van der Waals surface area contributed by atoms with Crippen LogP contribution in [0.1, 0.15) is 23.8 Å². The Morgan fingerprint density at radius 2 is 2.15 bits per heavy atom. The monoisotopic (exact) mass is 414 g/mol. The lowest BCUT2D eigenvalue weighted by atomic mass is 10.1. The number of amides is 2. The summed E-state index contributed by atoms with van der Waals surface area (Å²) in [5.41, 5.74) is 0.289. The van der Waals surface area contributed by atoms with Crippen molar-refractivity contribution < 1.29 is 9.59 Å². The van der Waals surface area contributed by atoms with Crippen LogP contribution in [0.3, 0.4) is 0 Å². The molecule has 0 N–H and O–H groups in total. The number of carbonyl (C=O) groups is 2. The van der Waals surface area contributed by atoms with Crippen molar-refractivity contribution in [1.82, 2.24) is 14.8 Å². The van der Waals surface area contributed by atoms with Crippen LogP contribution < -0.4 is 0 Å². The molecule has 6 nitrogen and oxygen atoms in total. The predicted molar refractivity (Wildman–Crippen MR) is 101 cm³/mol. The number of hydrogen-bond donors (Lipinski definition) is 0. The molecule has 0 bridgehead atoms. The summed E-state index contributed by atoms with van der Waals surface area (Å²) < 4.78 is 0.920. The van der Waals surface area contributed by atoms with Gasteiger partial charge in [0.1, 0.15) is 11.7 Å². The minimum atomic E-state index is -0.405. The molecule has 7 heteroatoms. The number of likely N-dealkylation sites (tertiary alicyclic amines) is 1. The Bertz CT molecular complexity index is 908. The lowest BCUT2D eigenvalue weighted by Crippen LogP contribution is -2.43. The van der Waals surface area contributed by atoms with Crippen LogP contribution in [0.15, 0.2) is 34.9 Å². The van der Waals surface area contributed by atoms with Gasteiger partial charge in [-0.25, -0.2) is 0 Å². The number of pyridine rings is 1. The fraction of sp³-hybridized carbons (Fsp3) is 0.368. The second kappa shape index (κ2) is 7.42. The highest BCUT2D eigenvalue weighted by Gasteiger charge is 2.33. The van der Waals surface area contributed by atoms with E-state index in [1.54, 1.807) is 24.2 Å². The zero-order chi connectivity index (χ0) is 18.8. The van der Waals surface area contributed by atoms with Gasteiger partial charge in [0, 0.05) is 29.6 Å². The molecule has 2 atom stereocenters. The van der Waals surface area contributed by atoms with E-state index in [1.807, 2.05) is 25.1 Å². The van der Waals surface area contributed by atoms with Gasteiger partial charge >= 0.3 is 0 Å². The molecule has 1 aliphatic heterocycles. The SMILES string of the molecule is CC1CC(C#N)N(C(=O)CN(C)C(=O)c2cc3cc(Br)ccc3cn2)C1. The number of likely N-dealkylation sites (N-methyl/N-ethyl adjacent to an activating group) is 1. The highest BCUT2D eigenvalue weighted by Crippen LogP contribution is 2.23. The van der Waals surface area contributed by atoms with Crippen LogP contribution >= 0.6 is 15.9 Å². The highest BCUT2D eigenvalue weighted by atomic mass is 79.9. The average Bonchev–Trinajstić information content (AvgIpc) is 3.01. The van der Waals surface area contributed by atoms with E-state index in [4.69, 9.17) is 0 Å². The molecule has 1 aliphatic rings. The van der Waals surface area contributed by atoms with Crippen molar-refractivity contribution in [2.24, 2.45) is 5.92 Å². The minimum Gasteiger partial charge on any atom is -0.331 e. The summed E-state index contributed by atoms with van der Waals surface area (Å²) in [6, 6.07) is 9.24. The average molecular weight is 415 g/mol. The van der Waals surface area contributed by atoms with E-state index in [2.05, 4.69) is 27.0 Å². The molecule has 1 aromatic heterocycles. The first-order valence-electron chi connectivity index (χ1n) is 8.39. The molecule has 1 fully saturated rings. The van der Waals surface area contributed by atoms with Crippen LogP contribution in [0, 0.1) is 17.2 Å². The number of nitrogens with zero attached hydrogens (tertiary/aromatic N) is 4. The van der Waals surface area contributed by atoms with Crippen molar-refractivity contribution in [3.05, 3.63) is 40.6 Å². The number of fused-ring (bicyclic) bond motifs is 1. The van der Waals surface area contributed by atoms with Crippen molar-refractivity contribution in [3.63, 3.8) is 0 Å². The number of nitriles is 1. The van der Waals surface area contributed by atoms with Gasteiger partial charge in [0.2, 0.25) is 5.91 Å². The lowest BCUT2D eigenvalue weighted by molar-refractivity contribution is -0.131. The summed E-state index contributed by atoms with van der Waals surface area (Å²) in [7, 11) is 1.58. The van der Waals surface area contributed by atoms with E-state index >= 15 is 0 Å². The first-order chi connectivity index (χ1) is 12.4. The Kier molecular flexibility index (Phi) is 5.23. The van der Waals surface area contributed by atoms with Crippen LogP contribution in [-0.2, 0) is 4.79 Å². The summed E-state index contributed by atoms with van der Waals surface area (Å²) in [6.45, 7) is 2.51. The molecule has 0 spiro atoms. The number of rotatable bonds is 3. The zero-order valence-corrected chi connectivity index (χ0v) is 16.2. The largest absolute Gasteiger partial charge is 0.331 e. The van der Waals surface area contributed by atoms with Gasteiger partial charge in [-0.1, -0.05) is 28.9 Å². The summed E-state index contributed by atoms with van der Waals surface area (Å²) in [4.78, 5) is 32.3. The number of aromatic nitrogens is 1. The van der Waals surface area contributed by atoms with Gasteiger partial charge < -0.3 is 9.80 Å². The third-order valence-electron chi connectivity index (χ3n) is 4.60. The summed E-state index contributed by atoms with van der Waals surface area (Å²) >= 11 is 3.42. The molecule has 2 heterocycles. The molecule has 2 unspecified atom stereocenters. The van der Waals surface area contributed by atoms with E-state index in [0.29, 0.717) is 18.9 Å². The van der Waals surface area contributed by atoms with E-state index in [1.165, 1.54) is 4.90 Å². The van der Waals surface area contributed by atoms with E-state index in [0.717, 1.165) is 15.2 Å². The third-order valence-corrected chi connectivity index (χ3v) is 5.09. The summed E-state index contributed by atoms with van der Waals surface area (Å²) in [5.74, 6) is -0.230. The van der Waals surface area contributed by atoms with Crippen LogP contribution in [0.2, 0.25) is 0 Å². The standard InChI is InChI=1S/C19H19BrN4O2/c1-12-5-16(8-21)24(10-12)18(25)11-23(2)19(26)17-7-14-6-15(20)4-3-13(14)9-22-17/h3-4,6-7,9,12,16H,5,10-11H2,1-2H3. The van der Waals surface area contributed by atoms with Crippen LogP contribution in [0.5, 0.6) is 0 Å². The fourth-order valence-corrected chi connectivity index (χ4v) is 3.61. The number of benzene rings is 1. The van der Waals surface area contributed by atoms with Crippen molar-refractivity contribution in [1.29, 1.82) is 5.26 Å². The van der Waals surface area contributed by atoms with Crippen molar-refractivity contribution in [3.8, 4) is 6.07 Å². The van der Waals surface area contributed by atoms with Gasteiger partial charge in [-0.2, -0.15) is 5.26 Å². The van der Waals surface area contributed by atoms with E-state index in [9.17, 15) is 14.9 Å². The molecule has 2 aromatic rings. The van der Waals surface area contributed by atoms with Gasteiger partial charge in [0.05, 0.1) is 12.6 Å². The first kappa shape index (κ1) is 18.3. The van der Waals surface area contributed by atoms with Crippen LogP contribution in [-0.4, -0.2) is 52.8 Å². The van der Waals surface area contributed by atoms with Crippen molar-refractivity contribution in [2.45, 2.75) is 19.4 Å². The molecule has 2 amide bonds. The predicted octanol–water partition coefficient (Wildman–Crippen LogP) is 2.83. The highest BCUT2D eigenvalue weighted by molar-refractivity contribution is 9.10. The molecular weight excluding hydrogens is 396 g/mol. The molecule has 3 rings (SSSR count). The quantitative estimate of drug-likeness (QED) is 0.773. The Morgan fingerprint density at radius 3 is 2.88 bits per heavy atom. The molecule has 0 radical (unpaired) electrons. The smallest absolute Gasteiger partial charge is 0.272 e. The summed E-state index contributed by atoms with van der Waals surface area (Å²) in [6.07, 6.45) is 2.33. The van der Waals surface area contributed by atoms with E-state index < -0.39 is 6.04 Å². The normalized spacial score (nSPS) is 19.4. The Balaban J connectivity index is 1.73. The number of hydrogen-bond acceptors (Lipinski definition) is 4. The maximum atomic E-state index is 12.7. The molecule has 134 valence electrons. The second-order valence-electron chi connectivity index (χ2n) is 6.75. The fourth-order valence-electron chi connectivity index (χ4n) is 3.23. The van der Waals surface area contributed by atoms with Gasteiger partial charge in [0.25, 0.3) is 5.91 Å². The summed E-state index contributed by atoms with van der Waals surface area (Å²) in [5, 5.41) is 11.0. The topological polar surface area (TPSA) is 77.3 Å². The Labute approximate surface area is 160 Å². The maximum absolute atomic E-state index is 12.7. The van der Waals surface area contributed by atoms with Gasteiger partial charge in [-0.15, -0.1) is 0 Å². The first-order valence-corrected chi connectivity index (χ1v) is 9.18. The molecular formula is C19H19BrN4O2. The zero-order valence-electron chi connectivity index (χ0n) is 14.6. The van der Waals surface area contributed by atoms with Gasteiger partial charge in [0.15, 0.2) is 0 Å². The van der Waals surface area contributed by atoms with Crippen molar-refractivity contribution in [2.75, 3.05) is 20.1 Å². The van der Waals surface area contributed by atoms with E-state index in [-0.39, 0.29) is 24.1 Å². The molecule has 1 saturated heterocycles. The number of halogens is 1. The maximum Gasteiger partial charge on any atom is 0.272 e. The second-order valence-corrected chi connectivity index (χ2v) is 7.67. The molecule has 26 heavy (non-hydrogen) atoms. The Morgan fingerprint density at radius 1 is 1.38 bits per heavy atom. The molecule has 0 saturated carbocycles.